The number of esters is 1. The summed E-state index contributed by atoms with van der Waals surface area (Å²) in [5.74, 6) is 0.684. The van der Waals surface area contributed by atoms with Crippen LogP contribution in [0.2, 0.25) is 0 Å². The van der Waals surface area contributed by atoms with E-state index < -0.39 is 12.0 Å². The molecule has 8 nitrogen and oxygen atoms in total. The quantitative estimate of drug-likeness (QED) is 0.232. The molecule has 1 unspecified atom stereocenters. The van der Waals surface area contributed by atoms with Gasteiger partial charge < -0.3 is 18.8 Å². The average molecular weight is 618 g/mol. The Labute approximate surface area is 263 Å². The number of carbonyl (C=O) groups excluding carboxylic acids is 1. The van der Waals surface area contributed by atoms with Crippen molar-refractivity contribution in [1.29, 1.82) is 0 Å². The monoisotopic (exact) mass is 617 g/mol. The zero-order valence-corrected chi connectivity index (χ0v) is 26.2. The number of nitrogens with zero attached hydrogens (tertiary/aromatic N) is 3. The SMILES string of the molecule is CCOC(=O)C1=C(C)N=c2s/c(=C\c3cc(C)n(-c4ccc(-c5ccccc5)cc4)c3C)c(=O)n2C1c1ccc2c(c1)OCO2. The molecule has 0 saturated heterocycles. The van der Waals surface area contributed by atoms with Gasteiger partial charge in [0.2, 0.25) is 6.79 Å². The number of fused-ring (bicyclic) bond motifs is 2. The highest BCUT2D eigenvalue weighted by molar-refractivity contribution is 7.07. The molecule has 3 aromatic carbocycles. The van der Waals surface area contributed by atoms with Crippen LogP contribution in [0.4, 0.5) is 0 Å². The van der Waals surface area contributed by atoms with Crippen molar-refractivity contribution >= 4 is 23.4 Å². The zero-order chi connectivity index (χ0) is 31.2. The van der Waals surface area contributed by atoms with Crippen molar-refractivity contribution in [1.82, 2.24) is 9.13 Å². The Balaban J connectivity index is 1.32. The largest absolute Gasteiger partial charge is 0.463 e. The first-order valence-electron chi connectivity index (χ1n) is 14.8. The van der Waals surface area contributed by atoms with Crippen molar-refractivity contribution in [3.8, 4) is 28.3 Å². The maximum absolute atomic E-state index is 14.2. The van der Waals surface area contributed by atoms with Crippen molar-refractivity contribution in [2.75, 3.05) is 13.4 Å². The second kappa shape index (κ2) is 11.4. The highest BCUT2D eigenvalue weighted by Crippen LogP contribution is 2.38. The van der Waals surface area contributed by atoms with Crippen molar-refractivity contribution in [2.45, 2.75) is 33.7 Å². The lowest BCUT2D eigenvalue weighted by molar-refractivity contribution is -0.139. The lowest BCUT2D eigenvalue weighted by Gasteiger charge is -2.24. The number of hydrogen-bond donors (Lipinski definition) is 0. The Morgan fingerprint density at radius 2 is 1.71 bits per heavy atom. The van der Waals surface area contributed by atoms with Crippen LogP contribution in [0.3, 0.4) is 0 Å². The molecule has 2 aromatic heterocycles. The van der Waals surface area contributed by atoms with Gasteiger partial charge >= 0.3 is 5.97 Å². The molecule has 2 aliphatic rings. The number of allylic oxidation sites excluding steroid dienone is 1. The average Bonchev–Trinajstić information content (AvgIpc) is 3.72. The number of ether oxygens (including phenoxy) is 3. The van der Waals surface area contributed by atoms with E-state index in [-0.39, 0.29) is 19.0 Å². The van der Waals surface area contributed by atoms with Crippen LogP contribution < -0.4 is 24.4 Å². The van der Waals surface area contributed by atoms with Crippen LogP contribution in [0.15, 0.2) is 99.9 Å². The third-order valence-electron chi connectivity index (χ3n) is 8.22. The molecule has 0 aliphatic carbocycles. The first kappa shape index (κ1) is 28.6. The van der Waals surface area contributed by atoms with Crippen molar-refractivity contribution in [2.24, 2.45) is 4.99 Å². The van der Waals surface area contributed by atoms with Crippen LogP contribution in [0.1, 0.15) is 42.4 Å². The van der Waals surface area contributed by atoms with Gasteiger partial charge in [-0.25, -0.2) is 9.79 Å². The fourth-order valence-electron chi connectivity index (χ4n) is 6.10. The topological polar surface area (TPSA) is 84.1 Å². The smallest absolute Gasteiger partial charge is 0.338 e. The molecular formula is C36H31N3O5S. The van der Waals surface area contributed by atoms with E-state index in [0.717, 1.165) is 28.2 Å². The zero-order valence-electron chi connectivity index (χ0n) is 25.4. The lowest BCUT2D eigenvalue weighted by Crippen LogP contribution is -2.39. The number of aryl methyl sites for hydroxylation is 1. The van der Waals surface area contributed by atoms with Crippen LogP contribution in [-0.4, -0.2) is 28.5 Å². The highest BCUT2D eigenvalue weighted by Gasteiger charge is 2.34. The summed E-state index contributed by atoms with van der Waals surface area (Å²) in [7, 11) is 0. The van der Waals surface area contributed by atoms with Crippen LogP contribution in [0.5, 0.6) is 11.5 Å². The molecule has 7 rings (SSSR count). The molecule has 45 heavy (non-hydrogen) atoms. The molecular weight excluding hydrogens is 586 g/mol. The van der Waals surface area contributed by atoms with Crippen molar-refractivity contribution in [3.05, 3.63) is 132 Å². The third kappa shape index (κ3) is 4.99. The lowest BCUT2D eigenvalue weighted by atomic mass is 9.95. The molecule has 226 valence electrons. The van der Waals surface area contributed by atoms with E-state index in [9.17, 15) is 9.59 Å². The van der Waals surface area contributed by atoms with E-state index in [4.69, 9.17) is 19.2 Å². The fraction of sp³-hybridized carbons (Fsp3) is 0.194. The summed E-state index contributed by atoms with van der Waals surface area (Å²) in [6, 6.07) is 25.6. The van der Waals surface area contributed by atoms with E-state index in [1.54, 1.807) is 24.5 Å². The minimum absolute atomic E-state index is 0.122. The summed E-state index contributed by atoms with van der Waals surface area (Å²) in [4.78, 5) is 32.6. The molecule has 0 amide bonds. The molecule has 0 bridgehead atoms. The molecule has 0 radical (unpaired) electrons. The summed E-state index contributed by atoms with van der Waals surface area (Å²) < 4.78 is 20.9. The van der Waals surface area contributed by atoms with Gasteiger partial charge in [-0.3, -0.25) is 9.36 Å². The number of benzene rings is 3. The second-order valence-corrected chi connectivity index (χ2v) is 12.0. The Morgan fingerprint density at radius 1 is 0.978 bits per heavy atom. The fourth-order valence-corrected chi connectivity index (χ4v) is 7.13. The molecule has 5 aromatic rings. The molecule has 2 aliphatic heterocycles. The normalized spacial score (nSPS) is 15.6. The summed E-state index contributed by atoms with van der Waals surface area (Å²) in [5, 5.41) is 0. The molecule has 0 saturated carbocycles. The van der Waals surface area contributed by atoms with Gasteiger partial charge in [-0.05, 0) is 86.4 Å². The van der Waals surface area contributed by atoms with Gasteiger partial charge in [-0.2, -0.15) is 0 Å². The van der Waals surface area contributed by atoms with Gasteiger partial charge in [0.1, 0.15) is 0 Å². The summed E-state index contributed by atoms with van der Waals surface area (Å²) in [5.41, 5.74) is 7.69. The molecule has 1 atom stereocenters. The van der Waals surface area contributed by atoms with Gasteiger partial charge in [-0.1, -0.05) is 59.9 Å². The molecule has 9 heteroatoms. The molecule has 0 N–H and O–H groups in total. The number of carbonyl (C=O) groups is 1. The summed E-state index contributed by atoms with van der Waals surface area (Å²) >= 11 is 1.31. The molecule has 4 heterocycles. The maximum Gasteiger partial charge on any atom is 0.338 e. The number of hydrogen-bond acceptors (Lipinski definition) is 7. The predicted octanol–water partition coefficient (Wildman–Crippen LogP) is 5.60. The first-order valence-corrected chi connectivity index (χ1v) is 15.6. The van der Waals surface area contributed by atoms with Gasteiger partial charge in [0.25, 0.3) is 5.56 Å². The van der Waals surface area contributed by atoms with Crippen LogP contribution in [-0.2, 0) is 9.53 Å². The van der Waals surface area contributed by atoms with Gasteiger partial charge in [0.05, 0.1) is 28.5 Å². The second-order valence-electron chi connectivity index (χ2n) is 11.0. The third-order valence-corrected chi connectivity index (χ3v) is 9.20. The van der Waals surface area contributed by atoms with Crippen molar-refractivity contribution in [3.63, 3.8) is 0 Å². The van der Waals surface area contributed by atoms with Gasteiger partial charge in [0.15, 0.2) is 16.3 Å². The maximum atomic E-state index is 14.2. The van der Waals surface area contributed by atoms with E-state index >= 15 is 0 Å². The molecule has 0 spiro atoms. The first-order chi connectivity index (χ1) is 21.8. The Kier molecular flexibility index (Phi) is 7.25. The van der Waals surface area contributed by atoms with Crippen LogP contribution in [0.25, 0.3) is 22.9 Å². The van der Waals surface area contributed by atoms with E-state index in [1.807, 2.05) is 36.4 Å². The summed E-state index contributed by atoms with van der Waals surface area (Å²) in [6.45, 7) is 7.98. The Bertz CT molecular complexity index is 2170. The van der Waals surface area contributed by atoms with Gasteiger partial charge in [0, 0.05) is 17.1 Å². The Hall–Kier alpha value is -5.15. The number of rotatable bonds is 6. The van der Waals surface area contributed by atoms with E-state index in [2.05, 4.69) is 60.9 Å². The van der Waals surface area contributed by atoms with E-state index in [1.165, 1.54) is 16.9 Å². The predicted molar refractivity (Wildman–Crippen MR) is 174 cm³/mol. The number of aromatic nitrogens is 2. The van der Waals surface area contributed by atoms with Crippen molar-refractivity contribution < 1.29 is 19.0 Å². The van der Waals surface area contributed by atoms with E-state index in [0.29, 0.717) is 37.7 Å². The number of thiazole rings is 1. The standard InChI is InChI=1S/C36H31N3O5S/c1-5-42-35(41)32-22(3)37-36-39(33(32)26-13-16-29-30(18-26)44-20-43-29)34(40)31(45-36)19-27-17-21(2)38(23(27)4)28-14-11-25(12-15-28)24-9-7-6-8-10-24/h6-19,33H,5,20H2,1-4H3/b31-19-. The minimum atomic E-state index is -0.729. The van der Waals surface area contributed by atoms with Gasteiger partial charge in [-0.15, -0.1) is 0 Å². The summed E-state index contributed by atoms with van der Waals surface area (Å²) in [6.07, 6.45) is 1.92. The highest BCUT2D eigenvalue weighted by atomic mass is 32.1. The Morgan fingerprint density at radius 3 is 2.47 bits per heavy atom. The minimum Gasteiger partial charge on any atom is -0.463 e. The van der Waals surface area contributed by atoms with Crippen LogP contribution >= 0.6 is 11.3 Å². The molecule has 0 fully saturated rings. The van der Waals surface area contributed by atoms with Crippen LogP contribution in [0, 0.1) is 13.8 Å².